The Morgan fingerprint density at radius 2 is 2.00 bits per heavy atom. The van der Waals surface area contributed by atoms with Crippen molar-refractivity contribution in [1.29, 1.82) is 0 Å². The molecule has 0 spiro atoms. The van der Waals surface area contributed by atoms with Gasteiger partial charge in [0, 0.05) is 10.6 Å². The van der Waals surface area contributed by atoms with Gasteiger partial charge in [0.15, 0.2) is 0 Å². The average Bonchev–Trinajstić information content (AvgIpc) is 2.16. The van der Waals surface area contributed by atoms with Gasteiger partial charge >= 0.3 is 5.97 Å². The lowest BCUT2D eigenvalue weighted by Gasteiger charge is -2.24. The first-order valence-electron chi connectivity index (χ1n) is 3.96. The van der Waals surface area contributed by atoms with E-state index in [9.17, 15) is 13.6 Å². The van der Waals surface area contributed by atoms with Crippen molar-refractivity contribution < 1.29 is 18.7 Å². The molecule has 1 aromatic carbocycles. The van der Waals surface area contributed by atoms with Crippen molar-refractivity contribution >= 4 is 17.6 Å². The summed E-state index contributed by atoms with van der Waals surface area (Å²) in [5.41, 5.74) is 2.11. The number of halogens is 3. The lowest BCUT2D eigenvalue weighted by Crippen LogP contribution is -2.51. The highest BCUT2D eigenvalue weighted by Gasteiger charge is 2.46. The minimum absolute atomic E-state index is 0.0947. The average molecular weight is 236 g/mol. The predicted molar refractivity (Wildman–Crippen MR) is 51.0 cm³/mol. The number of benzene rings is 1. The van der Waals surface area contributed by atoms with Gasteiger partial charge in [-0.05, 0) is 6.07 Å². The first-order chi connectivity index (χ1) is 6.90. The van der Waals surface area contributed by atoms with Gasteiger partial charge in [0.05, 0.1) is 0 Å². The maximum atomic E-state index is 12.6. The molecule has 1 aromatic rings. The largest absolute Gasteiger partial charge is 0.479 e. The van der Waals surface area contributed by atoms with Gasteiger partial charge in [-0.15, -0.1) is 0 Å². The molecule has 0 aliphatic rings. The molecule has 6 heteroatoms. The number of rotatable bonds is 3. The van der Waals surface area contributed by atoms with Crippen LogP contribution in [0.2, 0.25) is 5.02 Å². The Kier molecular flexibility index (Phi) is 3.26. The molecule has 3 N–H and O–H groups in total. The molecule has 0 saturated heterocycles. The van der Waals surface area contributed by atoms with Crippen molar-refractivity contribution in [2.75, 3.05) is 0 Å². The summed E-state index contributed by atoms with van der Waals surface area (Å²) in [6.45, 7) is 0. The molecular formula is C9H8ClF2NO2. The van der Waals surface area contributed by atoms with Gasteiger partial charge in [-0.1, -0.05) is 29.8 Å². The van der Waals surface area contributed by atoms with Crippen molar-refractivity contribution in [2.24, 2.45) is 5.73 Å². The highest BCUT2D eigenvalue weighted by Crippen LogP contribution is 2.31. The van der Waals surface area contributed by atoms with Gasteiger partial charge in [-0.25, -0.2) is 13.6 Å². The second kappa shape index (κ2) is 4.12. The standard InChI is InChI=1S/C9H8ClF2NO2/c10-6-4-2-1-3-5(6)9(13,7(11)12)8(14)15/h1-4,7H,13H2,(H,14,15). The summed E-state index contributed by atoms with van der Waals surface area (Å²) in [5.74, 6) is -1.81. The fraction of sp³-hybridized carbons (Fsp3) is 0.222. The summed E-state index contributed by atoms with van der Waals surface area (Å²) >= 11 is 5.62. The highest BCUT2D eigenvalue weighted by molar-refractivity contribution is 6.31. The van der Waals surface area contributed by atoms with E-state index in [0.29, 0.717) is 0 Å². The van der Waals surface area contributed by atoms with Gasteiger partial charge in [0.25, 0.3) is 6.43 Å². The Morgan fingerprint density at radius 3 is 2.40 bits per heavy atom. The monoisotopic (exact) mass is 235 g/mol. The van der Waals surface area contributed by atoms with Crippen LogP contribution in [-0.4, -0.2) is 17.5 Å². The summed E-state index contributed by atoms with van der Waals surface area (Å²) in [4.78, 5) is 10.8. The SMILES string of the molecule is NC(C(=O)O)(c1ccccc1Cl)C(F)F. The summed E-state index contributed by atoms with van der Waals surface area (Å²) in [6, 6.07) is 5.38. The molecule has 0 fully saturated rings. The van der Waals surface area contributed by atoms with Gasteiger partial charge in [0.1, 0.15) is 0 Å². The molecule has 1 rings (SSSR count). The van der Waals surface area contributed by atoms with Gasteiger partial charge in [-0.2, -0.15) is 0 Å². The van der Waals surface area contributed by atoms with E-state index in [1.807, 2.05) is 0 Å². The summed E-state index contributed by atoms with van der Waals surface area (Å²) in [6.07, 6.45) is -3.24. The Hall–Kier alpha value is -1.20. The number of carboxylic acids is 1. The molecule has 15 heavy (non-hydrogen) atoms. The Morgan fingerprint density at radius 1 is 1.47 bits per heavy atom. The maximum absolute atomic E-state index is 12.6. The van der Waals surface area contributed by atoms with Crippen LogP contribution in [0.25, 0.3) is 0 Å². The fourth-order valence-electron chi connectivity index (χ4n) is 1.12. The van der Waals surface area contributed by atoms with E-state index in [0.717, 1.165) is 0 Å². The second-order valence-electron chi connectivity index (χ2n) is 2.95. The molecule has 3 nitrogen and oxygen atoms in total. The van der Waals surface area contributed by atoms with Crippen LogP contribution < -0.4 is 5.73 Å². The number of carboxylic acid groups (broad SMARTS) is 1. The zero-order valence-electron chi connectivity index (χ0n) is 7.45. The van der Waals surface area contributed by atoms with Gasteiger partial charge in [0.2, 0.25) is 5.54 Å². The van der Waals surface area contributed by atoms with E-state index < -0.39 is 17.9 Å². The molecule has 0 heterocycles. The van der Waals surface area contributed by atoms with Crippen molar-refractivity contribution in [3.05, 3.63) is 34.9 Å². The van der Waals surface area contributed by atoms with Crippen LogP contribution in [0, 0.1) is 0 Å². The maximum Gasteiger partial charge on any atom is 0.334 e. The topological polar surface area (TPSA) is 63.3 Å². The Bertz CT molecular complexity index is 386. The summed E-state index contributed by atoms with van der Waals surface area (Å²) in [5, 5.41) is 8.62. The molecule has 0 amide bonds. The number of nitrogens with two attached hydrogens (primary N) is 1. The van der Waals surface area contributed by atoms with Crippen LogP contribution in [-0.2, 0) is 10.3 Å². The first kappa shape index (κ1) is 11.9. The van der Waals surface area contributed by atoms with E-state index in [4.69, 9.17) is 22.4 Å². The Balaban J connectivity index is 3.34. The van der Waals surface area contributed by atoms with Crippen molar-refractivity contribution in [3.8, 4) is 0 Å². The molecule has 1 unspecified atom stereocenters. The third-order valence-corrected chi connectivity index (χ3v) is 2.35. The van der Waals surface area contributed by atoms with Crippen molar-refractivity contribution in [2.45, 2.75) is 12.0 Å². The highest BCUT2D eigenvalue weighted by atomic mass is 35.5. The molecule has 0 radical (unpaired) electrons. The molecule has 0 aliphatic carbocycles. The summed E-state index contributed by atoms with van der Waals surface area (Å²) in [7, 11) is 0. The van der Waals surface area contributed by atoms with Gasteiger partial charge in [-0.3, -0.25) is 0 Å². The zero-order valence-corrected chi connectivity index (χ0v) is 8.21. The van der Waals surface area contributed by atoms with E-state index >= 15 is 0 Å². The number of alkyl halides is 2. The quantitative estimate of drug-likeness (QED) is 0.840. The van der Waals surface area contributed by atoms with Crippen LogP contribution in [0.3, 0.4) is 0 Å². The molecule has 0 bridgehead atoms. The van der Waals surface area contributed by atoms with Crippen LogP contribution in [0.1, 0.15) is 5.56 Å². The van der Waals surface area contributed by atoms with E-state index in [1.165, 1.54) is 24.3 Å². The van der Waals surface area contributed by atoms with Crippen LogP contribution >= 0.6 is 11.6 Å². The minimum atomic E-state index is -3.24. The molecule has 82 valence electrons. The smallest absolute Gasteiger partial charge is 0.334 e. The third kappa shape index (κ3) is 1.93. The molecular weight excluding hydrogens is 228 g/mol. The van der Waals surface area contributed by atoms with Crippen LogP contribution in [0.15, 0.2) is 24.3 Å². The van der Waals surface area contributed by atoms with E-state index in [1.54, 1.807) is 0 Å². The number of hydrogen-bond donors (Lipinski definition) is 2. The van der Waals surface area contributed by atoms with Crippen molar-refractivity contribution in [3.63, 3.8) is 0 Å². The first-order valence-corrected chi connectivity index (χ1v) is 4.34. The lowest BCUT2D eigenvalue weighted by molar-refractivity contribution is -0.150. The molecule has 0 saturated carbocycles. The number of aliphatic carboxylic acids is 1. The molecule has 0 aliphatic heterocycles. The lowest BCUT2D eigenvalue weighted by atomic mass is 9.91. The Labute approximate surface area is 89.5 Å². The number of carbonyl (C=O) groups is 1. The van der Waals surface area contributed by atoms with Crippen LogP contribution in [0.4, 0.5) is 8.78 Å². The predicted octanol–water partition coefficient (Wildman–Crippen LogP) is 1.84. The third-order valence-electron chi connectivity index (χ3n) is 2.02. The molecule has 0 aromatic heterocycles. The number of hydrogen-bond acceptors (Lipinski definition) is 2. The second-order valence-corrected chi connectivity index (χ2v) is 3.36. The minimum Gasteiger partial charge on any atom is -0.479 e. The van der Waals surface area contributed by atoms with Crippen LogP contribution in [0.5, 0.6) is 0 Å². The van der Waals surface area contributed by atoms with E-state index in [-0.39, 0.29) is 10.6 Å². The van der Waals surface area contributed by atoms with E-state index in [2.05, 4.69) is 0 Å². The summed E-state index contributed by atoms with van der Waals surface area (Å²) < 4.78 is 25.3. The normalized spacial score (nSPS) is 15.0. The van der Waals surface area contributed by atoms with Gasteiger partial charge < -0.3 is 10.8 Å². The zero-order chi connectivity index (χ0) is 11.6. The molecule has 1 atom stereocenters. The fourth-order valence-corrected chi connectivity index (χ4v) is 1.41. The van der Waals surface area contributed by atoms with Crippen molar-refractivity contribution in [1.82, 2.24) is 0 Å².